The summed E-state index contributed by atoms with van der Waals surface area (Å²) < 4.78 is 24.6. The molecule has 0 aliphatic heterocycles. The number of carboxylic acids is 1. The fourth-order valence-corrected chi connectivity index (χ4v) is 2.07. The molecule has 25 heavy (non-hydrogen) atoms. The Bertz CT molecular complexity index is 920. The molecule has 0 aliphatic rings. The van der Waals surface area contributed by atoms with Gasteiger partial charge >= 0.3 is 5.97 Å². The number of hydrogen-bond donors (Lipinski definition) is 2. The van der Waals surface area contributed by atoms with Crippen molar-refractivity contribution in [2.45, 2.75) is 0 Å². The number of furan rings is 1. The van der Waals surface area contributed by atoms with Gasteiger partial charge in [0.05, 0.1) is 5.56 Å². The molecule has 0 bridgehead atoms. The van der Waals surface area contributed by atoms with Crippen LogP contribution in [0.2, 0.25) is 0 Å². The van der Waals surface area contributed by atoms with E-state index < -0.39 is 17.7 Å². The molecule has 6 nitrogen and oxygen atoms in total. The van der Waals surface area contributed by atoms with Crippen molar-refractivity contribution in [3.63, 3.8) is 0 Å². The van der Waals surface area contributed by atoms with Gasteiger partial charge in [-0.1, -0.05) is 24.3 Å². The van der Waals surface area contributed by atoms with E-state index >= 15 is 0 Å². The Kier molecular flexibility index (Phi) is 4.47. The minimum atomic E-state index is -1.23. The number of hydrogen-bond acceptors (Lipinski definition) is 4. The van der Waals surface area contributed by atoms with Crippen molar-refractivity contribution in [1.29, 1.82) is 0 Å². The number of nitrogens with one attached hydrogen (secondary N) is 1. The third-order valence-corrected chi connectivity index (χ3v) is 3.26. The van der Waals surface area contributed by atoms with E-state index in [1.807, 2.05) is 0 Å². The van der Waals surface area contributed by atoms with Crippen LogP contribution in [0.25, 0.3) is 0 Å². The van der Waals surface area contributed by atoms with Crippen LogP contribution in [0.5, 0.6) is 11.5 Å². The van der Waals surface area contributed by atoms with Crippen molar-refractivity contribution in [2.75, 3.05) is 5.32 Å². The minimum absolute atomic E-state index is 0.101. The molecule has 0 unspecified atom stereocenters. The summed E-state index contributed by atoms with van der Waals surface area (Å²) in [6.45, 7) is 0. The van der Waals surface area contributed by atoms with Gasteiger partial charge in [-0.05, 0) is 24.3 Å². The lowest BCUT2D eigenvalue weighted by Gasteiger charge is -2.12. The van der Waals surface area contributed by atoms with Gasteiger partial charge in [-0.2, -0.15) is 0 Å². The molecule has 0 aliphatic carbocycles. The summed E-state index contributed by atoms with van der Waals surface area (Å²) in [7, 11) is 0. The molecular weight excluding hydrogens is 329 g/mol. The molecule has 126 valence electrons. The number of amides is 1. The lowest BCUT2D eigenvalue weighted by Crippen LogP contribution is -2.13. The number of para-hydroxylation sites is 2. The highest BCUT2D eigenvalue weighted by Gasteiger charge is 2.19. The second kappa shape index (κ2) is 6.88. The van der Waals surface area contributed by atoms with Gasteiger partial charge in [0.2, 0.25) is 0 Å². The van der Waals surface area contributed by atoms with Crippen LogP contribution < -0.4 is 10.1 Å². The van der Waals surface area contributed by atoms with Crippen molar-refractivity contribution in [1.82, 2.24) is 0 Å². The molecule has 3 rings (SSSR count). The fourth-order valence-electron chi connectivity index (χ4n) is 2.07. The van der Waals surface area contributed by atoms with Crippen molar-refractivity contribution < 1.29 is 28.2 Å². The zero-order valence-electron chi connectivity index (χ0n) is 12.7. The molecule has 0 fully saturated rings. The zero-order chi connectivity index (χ0) is 17.8. The third-order valence-electron chi connectivity index (χ3n) is 3.26. The number of anilines is 1. The summed E-state index contributed by atoms with van der Waals surface area (Å²) >= 11 is 0. The highest BCUT2D eigenvalue weighted by atomic mass is 19.1. The molecule has 1 aromatic heterocycles. The van der Waals surface area contributed by atoms with Gasteiger partial charge in [0.15, 0.2) is 17.3 Å². The summed E-state index contributed by atoms with van der Waals surface area (Å²) in [4.78, 5) is 23.0. The van der Waals surface area contributed by atoms with E-state index in [0.717, 1.165) is 18.4 Å². The molecule has 3 aromatic rings. The third kappa shape index (κ3) is 3.66. The number of carbonyl (C=O) groups is 2. The Morgan fingerprint density at radius 3 is 2.52 bits per heavy atom. The van der Waals surface area contributed by atoms with E-state index in [-0.39, 0.29) is 22.8 Å². The number of ether oxygens (including phenoxy) is 1. The SMILES string of the molecule is O=C(O)c1coc(C(=O)Nc2c(F)cccc2Oc2ccccc2)c1. The number of carboxylic acid groups (broad SMARTS) is 1. The Morgan fingerprint density at radius 2 is 1.84 bits per heavy atom. The average molecular weight is 341 g/mol. The predicted octanol–water partition coefficient (Wildman–Crippen LogP) is 4.16. The maximum absolute atomic E-state index is 14.1. The minimum Gasteiger partial charge on any atom is -0.478 e. The molecule has 0 saturated heterocycles. The molecule has 2 N–H and O–H groups in total. The summed E-state index contributed by atoms with van der Waals surface area (Å²) in [6.07, 6.45) is 0.931. The van der Waals surface area contributed by atoms with Crippen LogP contribution in [0.3, 0.4) is 0 Å². The van der Waals surface area contributed by atoms with Gasteiger partial charge < -0.3 is 19.6 Å². The average Bonchev–Trinajstić information content (AvgIpc) is 3.09. The summed E-state index contributed by atoms with van der Waals surface area (Å²) in [5.41, 5.74) is -0.357. The molecule has 0 atom stereocenters. The molecule has 0 spiro atoms. The monoisotopic (exact) mass is 341 g/mol. The fraction of sp³-hybridized carbons (Fsp3) is 0. The lowest BCUT2D eigenvalue weighted by atomic mass is 10.2. The van der Waals surface area contributed by atoms with Gasteiger partial charge in [0.25, 0.3) is 5.91 Å². The molecule has 1 heterocycles. The number of rotatable bonds is 5. The normalized spacial score (nSPS) is 10.3. The van der Waals surface area contributed by atoms with E-state index in [4.69, 9.17) is 14.3 Å². The first-order valence-electron chi connectivity index (χ1n) is 7.19. The number of benzene rings is 2. The van der Waals surface area contributed by atoms with E-state index in [1.165, 1.54) is 12.1 Å². The van der Waals surface area contributed by atoms with Gasteiger partial charge in [-0.25, -0.2) is 9.18 Å². The largest absolute Gasteiger partial charge is 0.478 e. The van der Waals surface area contributed by atoms with E-state index in [1.54, 1.807) is 30.3 Å². The number of carbonyl (C=O) groups excluding carboxylic acids is 1. The molecule has 0 radical (unpaired) electrons. The van der Waals surface area contributed by atoms with Gasteiger partial charge in [0, 0.05) is 6.07 Å². The number of aromatic carboxylic acids is 1. The van der Waals surface area contributed by atoms with Crippen molar-refractivity contribution in [3.8, 4) is 11.5 Å². The second-order valence-corrected chi connectivity index (χ2v) is 4.99. The first-order valence-corrected chi connectivity index (χ1v) is 7.19. The van der Waals surface area contributed by atoms with E-state index in [0.29, 0.717) is 5.75 Å². The topological polar surface area (TPSA) is 88.8 Å². The first kappa shape index (κ1) is 16.3. The predicted molar refractivity (Wildman–Crippen MR) is 86.5 cm³/mol. The van der Waals surface area contributed by atoms with E-state index in [2.05, 4.69) is 5.32 Å². The van der Waals surface area contributed by atoms with E-state index in [9.17, 15) is 14.0 Å². The van der Waals surface area contributed by atoms with Crippen LogP contribution in [-0.2, 0) is 0 Å². The molecule has 0 saturated carbocycles. The highest BCUT2D eigenvalue weighted by molar-refractivity contribution is 6.04. The smallest absolute Gasteiger partial charge is 0.338 e. The standard InChI is InChI=1S/C18H12FNO5/c19-13-7-4-8-14(25-12-5-2-1-3-6-12)16(13)20-17(21)15-9-11(10-24-15)18(22)23/h1-10H,(H,20,21)(H,22,23). The van der Waals surface area contributed by atoms with Crippen molar-refractivity contribution in [3.05, 3.63) is 78.0 Å². The maximum Gasteiger partial charge on any atom is 0.338 e. The zero-order valence-corrected chi connectivity index (χ0v) is 12.7. The van der Waals surface area contributed by atoms with Gasteiger partial charge in [0.1, 0.15) is 17.7 Å². The summed E-state index contributed by atoms with van der Waals surface area (Å²) in [5, 5.41) is 11.2. The molecule has 2 aromatic carbocycles. The molecule has 1 amide bonds. The van der Waals surface area contributed by atoms with Crippen LogP contribution in [0.15, 0.2) is 65.3 Å². The Labute approximate surface area is 141 Å². The second-order valence-electron chi connectivity index (χ2n) is 4.99. The van der Waals surface area contributed by atoms with Crippen LogP contribution in [0, 0.1) is 5.82 Å². The van der Waals surface area contributed by atoms with Crippen LogP contribution in [0.1, 0.15) is 20.9 Å². The first-order chi connectivity index (χ1) is 12.0. The quantitative estimate of drug-likeness (QED) is 0.727. The Hall–Kier alpha value is -3.61. The van der Waals surface area contributed by atoms with Crippen LogP contribution in [-0.4, -0.2) is 17.0 Å². The summed E-state index contributed by atoms with van der Waals surface area (Å²) in [6, 6.07) is 13.8. The Balaban J connectivity index is 1.86. The summed E-state index contributed by atoms with van der Waals surface area (Å²) in [5.74, 6) is -2.42. The lowest BCUT2D eigenvalue weighted by molar-refractivity contribution is 0.0696. The van der Waals surface area contributed by atoms with Crippen LogP contribution >= 0.6 is 0 Å². The number of halogens is 1. The van der Waals surface area contributed by atoms with Crippen LogP contribution in [0.4, 0.5) is 10.1 Å². The Morgan fingerprint density at radius 1 is 1.08 bits per heavy atom. The van der Waals surface area contributed by atoms with Gasteiger partial charge in [-0.3, -0.25) is 4.79 Å². The van der Waals surface area contributed by atoms with Crippen molar-refractivity contribution in [2.24, 2.45) is 0 Å². The van der Waals surface area contributed by atoms with Gasteiger partial charge in [-0.15, -0.1) is 0 Å². The molecular formula is C18H12FNO5. The molecule has 7 heteroatoms. The van der Waals surface area contributed by atoms with Crippen molar-refractivity contribution >= 4 is 17.6 Å². The maximum atomic E-state index is 14.1. The highest BCUT2D eigenvalue weighted by Crippen LogP contribution is 2.32.